The lowest BCUT2D eigenvalue weighted by atomic mass is 10.1. The van der Waals surface area contributed by atoms with Crippen molar-refractivity contribution in [3.63, 3.8) is 0 Å². The molecule has 7 amide bonds. The zero-order chi connectivity index (χ0) is 78.9. The highest BCUT2D eigenvalue weighted by molar-refractivity contribution is 8.19. The Morgan fingerprint density at radius 3 is 1.53 bits per heavy atom. The number of ether oxygens (including phenoxy) is 1. The van der Waals surface area contributed by atoms with Crippen LogP contribution in [-0.4, -0.2) is 201 Å². The maximum Gasteiger partial charge on any atom is 0.408 e. The van der Waals surface area contributed by atoms with E-state index in [1.54, 1.807) is 55.7 Å². The number of aromatic amines is 2. The number of alkyl carbamates (subject to hydrolysis) is 1. The van der Waals surface area contributed by atoms with Gasteiger partial charge in [-0.1, -0.05) is 29.8 Å². The number of H-pyrrole nitrogens is 2. The number of aromatic nitrogens is 6. The molecule has 0 aliphatic carbocycles. The minimum Gasteiger partial charge on any atom is -0.480 e. The van der Waals surface area contributed by atoms with Gasteiger partial charge in [0.25, 0.3) is 21.9 Å². The van der Waals surface area contributed by atoms with Crippen molar-refractivity contribution in [2.75, 3.05) is 48.3 Å². The van der Waals surface area contributed by atoms with Gasteiger partial charge in [-0.2, -0.15) is 13.1 Å². The molecule has 0 saturated carbocycles. The van der Waals surface area contributed by atoms with Crippen LogP contribution >= 0.6 is 10.9 Å². The van der Waals surface area contributed by atoms with Gasteiger partial charge in [-0.25, -0.2) is 23.2 Å². The lowest BCUT2D eigenvalue weighted by molar-refractivity contribution is -0.139. The van der Waals surface area contributed by atoms with E-state index in [9.17, 15) is 98.0 Å². The Hall–Kier alpha value is -10.9. The van der Waals surface area contributed by atoms with Crippen LogP contribution in [0.15, 0.2) is 100 Å². The summed E-state index contributed by atoms with van der Waals surface area (Å²) in [4.78, 5) is 161. The van der Waals surface area contributed by atoms with E-state index in [0.29, 0.717) is 39.7 Å². The van der Waals surface area contributed by atoms with Gasteiger partial charge in [-0.3, -0.25) is 52.5 Å². The Kier molecular flexibility index (Phi) is 28.4. The topological polar surface area (TPSA) is 600 Å². The number of rotatable bonds is 38. The average molecular weight is 1550 g/mol. The third kappa shape index (κ3) is 24.9. The number of sulfonamides is 1. The van der Waals surface area contributed by atoms with Gasteiger partial charge in [0.15, 0.2) is 11.9 Å². The fourth-order valence-corrected chi connectivity index (χ4v) is 14.1. The summed E-state index contributed by atoms with van der Waals surface area (Å²) in [7, 11) is -14.2. The molecule has 0 aliphatic heterocycles. The lowest BCUT2D eigenvalue weighted by Crippen LogP contribution is -2.56. The van der Waals surface area contributed by atoms with Crippen molar-refractivity contribution in [3.8, 4) is 0 Å². The molecule has 0 spiro atoms. The van der Waals surface area contributed by atoms with Gasteiger partial charge < -0.3 is 101 Å². The number of hydrogen-bond acceptors (Lipinski definition) is 24. The Bertz CT molecular complexity index is 4790. The minimum absolute atomic E-state index is 0.0121. The number of carbonyl (C=O) groups excluding carboxylic acids is 7. The number of nitrogens with two attached hydrogens (primary N) is 1. The fraction of sp³-hybridized carbons (Fsp3) is 0.400. The molecule has 20 N–H and O–H groups in total. The number of carboxylic acid groups (broad SMARTS) is 2. The van der Waals surface area contributed by atoms with Crippen molar-refractivity contribution in [2.45, 2.75) is 134 Å². The first-order valence-corrected chi connectivity index (χ1v) is 37.7. The number of nitrogens with zero attached hydrogens (tertiary/aromatic N) is 4. The standard InChI is InChI=1S/C65H85N17O22S3/c1-35-23-36(2)54(37(3)24-35)107(102,103)80-46(61(93)94)30-74-56(87)43-32-82(50-26-39(10-12-41(50)53(43)85)28-76-63-71-19-20-72-63)22-8-16-68-58(89)48(34-106(99,100)101)78-59(90)45(79-64(95)104-65(4,5)6)13-14-51(83)77-47(33-105(96,97)98)57(88)67-15-7-21-81-31-42(55(86)73-29-44(66)60(91)92)52(84)40-11-9-38(25-49(40)81)27-75-62-69-17-18-70-62/h9-12,17-20,23-26,31-32,44-48,80,96-98H,7-8,13-16,21-22,27-30,33-34,66H2,1-6H3,(H,67,88)(H,68,89)(H,73,86)(H,74,87)(H,77,83)(H,78,90)(H,79,95)(H,91,92)(H,93,94)(H2,69,70,75)(H2,71,72,76)(H,99,100,101)/t44-,45-,46-,47-,48-/m0/s1. The van der Waals surface area contributed by atoms with Gasteiger partial charge >= 0.3 is 18.0 Å². The first kappa shape index (κ1) is 83.4. The molecule has 7 rings (SSSR count). The first-order valence-electron chi connectivity index (χ1n) is 32.9. The number of pyridine rings is 2. The highest BCUT2D eigenvalue weighted by Gasteiger charge is 2.35. The van der Waals surface area contributed by atoms with Crippen molar-refractivity contribution < 1.29 is 93.1 Å². The third-order valence-electron chi connectivity index (χ3n) is 15.9. The quantitative estimate of drug-likeness (QED) is 0.0187. The van der Waals surface area contributed by atoms with Crippen LogP contribution < -0.4 is 69.2 Å². The summed E-state index contributed by atoms with van der Waals surface area (Å²) in [5.41, 5.74) is 5.21. The molecule has 39 nitrogen and oxygen atoms in total. The van der Waals surface area contributed by atoms with Crippen molar-refractivity contribution in [1.82, 2.24) is 71.0 Å². The predicted octanol–water partition coefficient (Wildman–Crippen LogP) is 0.683. The number of aryl methyl sites for hydroxylation is 5. The van der Waals surface area contributed by atoms with Gasteiger partial charge in [0.05, 0.1) is 32.6 Å². The average Bonchev–Trinajstić information content (AvgIpc) is 1.61. The number of carboxylic acids is 2. The second-order valence-electron chi connectivity index (χ2n) is 25.8. The number of imidazole rings is 2. The SMILES string of the molecule is Cc1cc(C)c(S(=O)(=O)N[C@@H](CNC(=O)c2cn(CCCNC(=O)[C@H](CS(=O)(=O)O)NC(=O)[C@H](CCC(=O)N[C@@H](CS(O)(O)O)C(=O)NCCCn3cc(C(=O)NC[C@H](N)C(=O)O)c(=O)c4ccc(CNc5ncc[nH]5)cc43)NC(=O)OC(C)(C)C)c3cc(CNc4ncc[nH]4)ccc3c2=O)C(=O)O)c(C)c1. The summed E-state index contributed by atoms with van der Waals surface area (Å²) in [5, 5.41) is 41.8. The Balaban J connectivity index is 1.04. The normalized spacial score (nSPS) is 13.4. The monoisotopic (exact) mass is 1550 g/mol. The van der Waals surface area contributed by atoms with Crippen LogP contribution in [0.25, 0.3) is 21.8 Å². The molecule has 3 aromatic carbocycles. The zero-order valence-corrected chi connectivity index (χ0v) is 61.1. The predicted molar refractivity (Wildman–Crippen MR) is 389 cm³/mol. The summed E-state index contributed by atoms with van der Waals surface area (Å²) in [6.45, 7) is 7.49. The Morgan fingerprint density at radius 2 is 1.09 bits per heavy atom. The Labute approximate surface area is 612 Å². The van der Waals surface area contributed by atoms with Crippen LogP contribution in [0.4, 0.5) is 16.7 Å². The van der Waals surface area contributed by atoms with Crippen LogP contribution in [0.1, 0.15) is 95.0 Å². The maximum absolute atomic E-state index is 14.2. The van der Waals surface area contributed by atoms with Gasteiger partial charge in [0.2, 0.25) is 44.5 Å². The molecular weight excluding hydrogens is 1470 g/mol. The van der Waals surface area contributed by atoms with Crippen molar-refractivity contribution >= 4 is 118 Å². The van der Waals surface area contributed by atoms with Crippen LogP contribution in [0.5, 0.6) is 0 Å². The molecule has 0 radical (unpaired) electrons. The zero-order valence-electron chi connectivity index (χ0n) is 58.7. The van der Waals surface area contributed by atoms with E-state index in [-0.39, 0.29) is 78.9 Å². The van der Waals surface area contributed by atoms with Crippen LogP contribution in [0.3, 0.4) is 0 Å². The summed E-state index contributed by atoms with van der Waals surface area (Å²) in [6.07, 6.45) is 5.72. The molecule has 0 fully saturated rings. The van der Waals surface area contributed by atoms with E-state index in [2.05, 4.69) is 72.5 Å². The number of nitrogens with one attached hydrogen (secondary N) is 12. The molecule has 42 heteroatoms. The van der Waals surface area contributed by atoms with Crippen LogP contribution in [0.2, 0.25) is 0 Å². The molecule has 580 valence electrons. The molecule has 7 aromatic rings. The number of benzene rings is 3. The Morgan fingerprint density at radius 1 is 0.607 bits per heavy atom. The highest BCUT2D eigenvalue weighted by Crippen LogP contribution is 2.33. The molecule has 0 aliphatic rings. The summed E-state index contributed by atoms with van der Waals surface area (Å²) in [6, 6.07) is 3.24. The molecular formula is C65H85N17O22S3. The van der Waals surface area contributed by atoms with E-state index >= 15 is 0 Å². The number of anilines is 2. The number of hydrogen-bond donors (Lipinski definition) is 19. The molecule has 0 unspecified atom stereocenters. The molecule has 4 heterocycles. The summed E-state index contributed by atoms with van der Waals surface area (Å²) < 4.78 is 103. The van der Waals surface area contributed by atoms with Gasteiger partial charge in [0.1, 0.15) is 52.7 Å². The van der Waals surface area contributed by atoms with Crippen molar-refractivity contribution in [2.24, 2.45) is 5.73 Å². The third-order valence-corrected chi connectivity index (χ3v) is 19.2. The van der Waals surface area contributed by atoms with Gasteiger partial charge in [-0.05, 0) is 107 Å². The van der Waals surface area contributed by atoms with E-state index in [1.807, 2.05) is 0 Å². The number of aliphatic carboxylic acids is 2. The smallest absolute Gasteiger partial charge is 0.408 e. The number of amides is 7. The first-order chi connectivity index (χ1) is 50.1. The number of carbonyl (C=O) groups is 9. The fourth-order valence-electron chi connectivity index (χ4n) is 11.1. The largest absolute Gasteiger partial charge is 0.480 e. The second-order valence-corrected chi connectivity index (χ2v) is 30.5. The van der Waals surface area contributed by atoms with Gasteiger partial charge in [-0.15, -0.1) is 0 Å². The van der Waals surface area contributed by atoms with E-state index < -0.39 is 174 Å². The molecule has 107 heavy (non-hydrogen) atoms. The second kappa shape index (κ2) is 36.4. The molecule has 0 bridgehead atoms. The summed E-state index contributed by atoms with van der Waals surface area (Å²) >= 11 is 0. The lowest BCUT2D eigenvalue weighted by Gasteiger charge is -2.27. The van der Waals surface area contributed by atoms with Crippen LogP contribution in [-0.2, 0) is 79.8 Å². The summed E-state index contributed by atoms with van der Waals surface area (Å²) in [5.74, 6) is -11.6. The van der Waals surface area contributed by atoms with Gasteiger partial charge in [0, 0.05) is 107 Å². The molecule has 5 atom stereocenters. The van der Waals surface area contributed by atoms with Crippen molar-refractivity contribution in [3.05, 3.63) is 145 Å². The minimum atomic E-state index is -5.13. The van der Waals surface area contributed by atoms with E-state index in [4.69, 9.17) is 10.5 Å². The van der Waals surface area contributed by atoms with Crippen LogP contribution in [0, 0.1) is 20.8 Å². The maximum atomic E-state index is 14.2. The highest BCUT2D eigenvalue weighted by atomic mass is 32.3. The molecule has 0 saturated heterocycles. The van der Waals surface area contributed by atoms with E-state index in [1.165, 1.54) is 74.5 Å². The molecule has 4 aromatic heterocycles. The van der Waals surface area contributed by atoms with Crippen molar-refractivity contribution in [1.29, 1.82) is 0 Å². The number of fused-ring (bicyclic) bond motifs is 2. The van der Waals surface area contributed by atoms with E-state index in [0.717, 1.165) is 11.8 Å².